The van der Waals surface area contributed by atoms with Crippen LogP contribution in [0.4, 0.5) is 0 Å². The Bertz CT molecular complexity index is 226. The van der Waals surface area contributed by atoms with Crippen LogP contribution >= 0.6 is 30.9 Å². The van der Waals surface area contributed by atoms with Crippen LogP contribution < -0.4 is 0 Å². The Balaban J connectivity index is 4.55. The molecule has 0 saturated heterocycles. The zero-order valence-corrected chi connectivity index (χ0v) is 11.6. The fraction of sp³-hybridized carbons (Fsp3) is 1.00. The van der Waals surface area contributed by atoms with Crippen molar-refractivity contribution < 1.29 is 14.0 Å². The second-order valence-corrected chi connectivity index (χ2v) is 6.51. The van der Waals surface area contributed by atoms with Gasteiger partial charge in [-0.2, -0.15) is 0 Å². The van der Waals surface area contributed by atoms with Crippen molar-refractivity contribution in [3.8, 4) is 0 Å². The summed E-state index contributed by atoms with van der Waals surface area (Å²) in [5.41, 5.74) is -0.679. The van der Waals surface area contributed by atoms with Crippen LogP contribution in [0.1, 0.15) is 20.8 Å². The Morgan fingerprint density at radius 3 is 1.93 bits per heavy atom. The highest BCUT2D eigenvalue weighted by Crippen LogP contribution is 2.49. The molecule has 0 radical (unpaired) electrons. The lowest BCUT2D eigenvalue weighted by molar-refractivity contribution is 0.0884. The summed E-state index contributed by atoms with van der Waals surface area (Å²) in [7, 11) is -3.79. The normalized spacial score (nSPS) is 16.7. The Hall–Kier alpha value is 0.690. The van der Waals surface area contributed by atoms with E-state index in [0.717, 1.165) is 0 Å². The predicted octanol–water partition coefficient (Wildman–Crippen LogP) is 2.68. The van der Waals surface area contributed by atoms with Crippen LogP contribution in [0.3, 0.4) is 0 Å². The highest BCUT2D eigenvalue weighted by Gasteiger charge is 2.33. The largest absolute Gasteiger partial charge is 0.406 e. The van der Waals surface area contributed by atoms with E-state index in [-0.39, 0.29) is 24.8 Å². The van der Waals surface area contributed by atoms with Crippen LogP contribution in [0.2, 0.25) is 0 Å². The molecule has 0 amide bonds. The smallest absolute Gasteiger partial charge is 0.312 e. The van der Waals surface area contributed by atoms with Gasteiger partial charge >= 0.3 is 7.75 Å². The summed E-state index contributed by atoms with van der Waals surface area (Å²) in [6, 6.07) is 0. The van der Waals surface area contributed by atoms with Crippen molar-refractivity contribution in [1.29, 1.82) is 0 Å². The average molecular weight is 278 g/mol. The standard InChI is InChI=1S/C8H18Cl2NO3P/c1-8(2,3)14-15(12,13)11(6-4-9)7-5-10/h4-7H2,1-3H3,(H,12,13). The molecule has 0 aliphatic carbocycles. The first-order chi connectivity index (χ1) is 6.73. The van der Waals surface area contributed by atoms with Gasteiger partial charge in [-0.05, 0) is 20.8 Å². The third-order valence-electron chi connectivity index (χ3n) is 1.44. The van der Waals surface area contributed by atoms with E-state index < -0.39 is 13.3 Å². The molecular formula is C8H18Cl2NO3P. The van der Waals surface area contributed by atoms with Crippen LogP contribution in [0, 0.1) is 0 Å². The Morgan fingerprint density at radius 1 is 1.27 bits per heavy atom. The van der Waals surface area contributed by atoms with Crippen LogP contribution in [-0.2, 0) is 9.09 Å². The fourth-order valence-corrected chi connectivity index (χ4v) is 3.15. The van der Waals surface area contributed by atoms with Crippen molar-refractivity contribution >= 4 is 30.9 Å². The second-order valence-electron chi connectivity index (χ2n) is 4.03. The summed E-state index contributed by atoms with van der Waals surface area (Å²) in [4.78, 5) is 9.71. The van der Waals surface area contributed by atoms with Gasteiger partial charge in [0.25, 0.3) is 0 Å². The Labute approximate surface area is 101 Å². The molecule has 92 valence electrons. The zero-order chi connectivity index (χ0) is 12.1. The molecule has 0 spiro atoms. The van der Waals surface area contributed by atoms with Crippen LogP contribution in [-0.4, -0.2) is 40.0 Å². The minimum atomic E-state index is -3.79. The quantitative estimate of drug-likeness (QED) is 0.599. The zero-order valence-electron chi connectivity index (χ0n) is 9.24. The number of rotatable bonds is 6. The summed E-state index contributed by atoms with van der Waals surface area (Å²) >= 11 is 11.1. The average Bonchev–Trinajstić information content (AvgIpc) is 1.99. The van der Waals surface area contributed by atoms with E-state index in [1.807, 2.05) is 0 Å². The predicted molar refractivity (Wildman–Crippen MR) is 63.7 cm³/mol. The Morgan fingerprint density at radius 2 is 1.67 bits per heavy atom. The molecule has 0 aromatic carbocycles. The number of nitrogens with zero attached hydrogens (tertiary/aromatic N) is 1. The highest BCUT2D eigenvalue weighted by atomic mass is 35.5. The minimum Gasteiger partial charge on any atom is -0.312 e. The molecule has 1 N–H and O–H groups in total. The molecule has 0 heterocycles. The lowest BCUT2D eigenvalue weighted by atomic mass is 10.2. The summed E-state index contributed by atoms with van der Waals surface area (Å²) in [5.74, 6) is 0.518. The van der Waals surface area contributed by atoms with Crippen LogP contribution in [0.15, 0.2) is 0 Å². The molecule has 0 saturated carbocycles. The molecular weight excluding hydrogens is 260 g/mol. The van der Waals surface area contributed by atoms with E-state index in [1.54, 1.807) is 20.8 Å². The molecule has 0 fully saturated rings. The van der Waals surface area contributed by atoms with E-state index in [9.17, 15) is 9.46 Å². The van der Waals surface area contributed by atoms with Gasteiger partial charge in [-0.15, -0.1) is 23.2 Å². The van der Waals surface area contributed by atoms with E-state index in [2.05, 4.69) is 0 Å². The molecule has 0 rings (SSSR count). The van der Waals surface area contributed by atoms with Gasteiger partial charge in [-0.25, -0.2) is 9.24 Å². The van der Waals surface area contributed by atoms with Crippen molar-refractivity contribution in [3.05, 3.63) is 0 Å². The molecule has 7 heteroatoms. The lowest BCUT2D eigenvalue weighted by Crippen LogP contribution is -2.30. The first-order valence-electron chi connectivity index (χ1n) is 4.64. The lowest BCUT2D eigenvalue weighted by Gasteiger charge is -2.30. The number of alkyl halides is 2. The molecule has 1 atom stereocenters. The van der Waals surface area contributed by atoms with Gasteiger partial charge < -0.3 is 4.89 Å². The molecule has 15 heavy (non-hydrogen) atoms. The molecule has 1 unspecified atom stereocenters. The Kier molecular flexibility index (Phi) is 6.73. The first-order valence-corrected chi connectivity index (χ1v) is 7.24. The van der Waals surface area contributed by atoms with E-state index >= 15 is 0 Å². The van der Waals surface area contributed by atoms with Crippen molar-refractivity contribution in [2.75, 3.05) is 24.8 Å². The fourth-order valence-electron chi connectivity index (χ4n) is 0.974. The van der Waals surface area contributed by atoms with E-state index in [0.29, 0.717) is 0 Å². The van der Waals surface area contributed by atoms with Crippen LogP contribution in [0.5, 0.6) is 0 Å². The van der Waals surface area contributed by atoms with Gasteiger partial charge in [0.05, 0.1) is 5.60 Å². The summed E-state index contributed by atoms with van der Waals surface area (Å²) in [6.07, 6.45) is 0. The van der Waals surface area contributed by atoms with Gasteiger partial charge in [0.2, 0.25) is 0 Å². The molecule has 0 aliphatic heterocycles. The van der Waals surface area contributed by atoms with E-state index in [4.69, 9.17) is 27.7 Å². The second kappa shape index (κ2) is 6.43. The molecule has 0 aliphatic rings. The maximum atomic E-state index is 11.9. The van der Waals surface area contributed by atoms with Gasteiger partial charge in [0.1, 0.15) is 0 Å². The highest BCUT2D eigenvalue weighted by molar-refractivity contribution is 7.50. The third kappa shape index (κ3) is 6.77. The minimum absolute atomic E-state index is 0.259. The van der Waals surface area contributed by atoms with Gasteiger partial charge in [0.15, 0.2) is 0 Å². The molecule has 0 aromatic heterocycles. The van der Waals surface area contributed by atoms with Gasteiger partial charge in [-0.3, -0.25) is 4.52 Å². The monoisotopic (exact) mass is 277 g/mol. The van der Waals surface area contributed by atoms with Crippen molar-refractivity contribution in [1.82, 2.24) is 4.67 Å². The maximum Gasteiger partial charge on any atom is 0.406 e. The number of hydrogen-bond acceptors (Lipinski definition) is 2. The molecule has 0 aromatic rings. The van der Waals surface area contributed by atoms with Crippen molar-refractivity contribution in [2.45, 2.75) is 26.4 Å². The van der Waals surface area contributed by atoms with Crippen molar-refractivity contribution in [2.24, 2.45) is 0 Å². The van der Waals surface area contributed by atoms with Crippen LogP contribution in [0.25, 0.3) is 0 Å². The maximum absolute atomic E-state index is 11.9. The van der Waals surface area contributed by atoms with Gasteiger partial charge in [-0.1, -0.05) is 0 Å². The van der Waals surface area contributed by atoms with Gasteiger partial charge in [0, 0.05) is 24.8 Å². The van der Waals surface area contributed by atoms with Crippen molar-refractivity contribution in [3.63, 3.8) is 0 Å². The number of halogens is 2. The number of hydrogen-bond donors (Lipinski definition) is 1. The molecule has 0 bridgehead atoms. The summed E-state index contributed by atoms with van der Waals surface area (Å²) in [5, 5.41) is 0. The topological polar surface area (TPSA) is 49.8 Å². The SMILES string of the molecule is CC(C)(C)OP(=O)(O)N(CCCl)CCCl. The molecule has 4 nitrogen and oxygen atoms in total. The third-order valence-corrected chi connectivity index (χ3v) is 3.67. The first kappa shape index (κ1) is 15.7. The summed E-state index contributed by atoms with van der Waals surface area (Å²) in [6.45, 7) is 5.70. The van der Waals surface area contributed by atoms with E-state index in [1.165, 1.54) is 4.67 Å². The summed E-state index contributed by atoms with van der Waals surface area (Å²) < 4.78 is 18.2.